The Morgan fingerprint density at radius 2 is 0.860 bits per heavy atom. The number of furan rings is 1. The molecule has 0 fully saturated rings. The van der Waals surface area contributed by atoms with Crippen molar-refractivity contribution < 1.29 is 35.9 Å². The van der Waals surface area contributed by atoms with E-state index in [9.17, 15) is 9.60 Å². The highest BCUT2D eigenvalue weighted by Gasteiger charge is 2.19. The number of hydrogen-bond donors (Lipinski definition) is 0. The minimum atomic E-state index is -0.968. The van der Waals surface area contributed by atoms with Gasteiger partial charge in [-0.3, -0.25) is 0 Å². The van der Waals surface area contributed by atoms with Crippen molar-refractivity contribution in [1.82, 2.24) is 0 Å². The quantitative estimate of drug-likeness (QED) is 0.193. The maximum Gasteiger partial charge on any atom is 0.135 e. The van der Waals surface area contributed by atoms with Crippen LogP contribution in [0.5, 0.6) is 0 Å². The summed E-state index contributed by atoms with van der Waals surface area (Å²) >= 11 is 0. The zero-order valence-corrected chi connectivity index (χ0v) is 21.6. The first-order valence-electron chi connectivity index (χ1n) is 24.4. The summed E-state index contributed by atoms with van der Waals surface area (Å²) in [5.74, 6) is 0. The fourth-order valence-electron chi connectivity index (χ4n) is 5.50. The standard InChI is InChI=1S/C42H26O/c1-2-12-27(13-3-1)29-23-24-37(31-15-5-4-14-30(29)31)42-35-19-8-6-17-33(35)41(34-18-7-9-20-36(34)42)28-22-25-40-38(26-28)32-16-10-11-21-39(32)43-40/h1-26H/i1D,2D,3D,4D,5D,6D,7D,8D,9D,10D,11D,12D,13D,14D,15D,16D,17D,18D,19D,20D,21D,23D,24D. The predicted octanol–water partition coefficient (Wildman–Crippen LogP) is 12.0. The van der Waals surface area contributed by atoms with Crippen LogP contribution in [0.2, 0.25) is 0 Å². The first-order valence-corrected chi connectivity index (χ1v) is 12.9. The van der Waals surface area contributed by atoms with Gasteiger partial charge in [0.1, 0.15) is 11.2 Å². The summed E-state index contributed by atoms with van der Waals surface area (Å²) in [6.07, 6.45) is 0. The van der Waals surface area contributed by atoms with Crippen LogP contribution in [0.25, 0.3) is 87.6 Å². The summed E-state index contributed by atoms with van der Waals surface area (Å²) in [7, 11) is 0. The van der Waals surface area contributed by atoms with Crippen molar-refractivity contribution in [2.75, 3.05) is 0 Å². The normalized spacial score (nSPS) is 19.2. The molecule has 0 radical (unpaired) electrons. The smallest absolute Gasteiger partial charge is 0.135 e. The van der Waals surface area contributed by atoms with Gasteiger partial charge >= 0.3 is 0 Å². The molecule has 1 heterocycles. The molecule has 0 aliphatic carbocycles. The van der Waals surface area contributed by atoms with Gasteiger partial charge in [0, 0.05) is 10.8 Å². The Balaban J connectivity index is 1.61. The van der Waals surface area contributed by atoms with Crippen molar-refractivity contribution in [2.45, 2.75) is 0 Å². The van der Waals surface area contributed by atoms with Crippen LogP contribution in [0.15, 0.2) is 162 Å². The molecular formula is C42H26O. The van der Waals surface area contributed by atoms with Gasteiger partial charge in [0.2, 0.25) is 0 Å². The minimum Gasteiger partial charge on any atom is -0.456 e. The van der Waals surface area contributed by atoms with Gasteiger partial charge in [0.25, 0.3) is 0 Å². The number of benzene rings is 8. The van der Waals surface area contributed by atoms with Gasteiger partial charge in [0.15, 0.2) is 0 Å². The first-order chi connectivity index (χ1) is 30.9. The highest BCUT2D eigenvalue weighted by Crippen LogP contribution is 2.47. The van der Waals surface area contributed by atoms with E-state index in [-0.39, 0.29) is 33.1 Å². The number of para-hydroxylation sites is 1. The van der Waals surface area contributed by atoms with Crippen LogP contribution in [0.3, 0.4) is 0 Å². The van der Waals surface area contributed by atoms with Gasteiger partial charge in [-0.2, -0.15) is 0 Å². The van der Waals surface area contributed by atoms with E-state index in [4.69, 9.17) is 26.3 Å². The Morgan fingerprint density at radius 3 is 1.53 bits per heavy atom. The van der Waals surface area contributed by atoms with Crippen LogP contribution in [0, 0.1) is 0 Å². The summed E-state index contributed by atoms with van der Waals surface area (Å²) in [6, 6.07) is -14.4. The summed E-state index contributed by atoms with van der Waals surface area (Å²) in [4.78, 5) is 0. The molecule has 0 unspecified atom stereocenters. The van der Waals surface area contributed by atoms with Gasteiger partial charge in [-0.25, -0.2) is 0 Å². The molecule has 0 spiro atoms. The van der Waals surface area contributed by atoms with Gasteiger partial charge in [-0.1, -0.05) is 139 Å². The maximum absolute atomic E-state index is 9.66. The Bertz CT molecular complexity index is 3690. The highest BCUT2D eigenvalue weighted by atomic mass is 16.3. The third kappa shape index (κ3) is 3.65. The van der Waals surface area contributed by atoms with Crippen molar-refractivity contribution in [2.24, 2.45) is 0 Å². The summed E-state index contributed by atoms with van der Waals surface area (Å²) in [6.45, 7) is 0. The lowest BCUT2D eigenvalue weighted by Crippen LogP contribution is -1.92. The summed E-state index contributed by atoms with van der Waals surface area (Å²) in [5.41, 5.74) is -2.98. The molecule has 200 valence electrons. The Kier molecular flexibility index (Phi) is 2.32. The number of rotatable bonds is 3. The fourth-order valence-corrected chi connectivity index (χ4v) is 5.50. The van der Waals surface area contributed by atoms with E-state index in [1.54, 1.807) is 0 Å². The van der Waals surface area contributed by atoms with Crippen molar-refractivity contribution in [3.05, 3.63) is 157 Å². The zero-order valence-electron chi connectivity index (χ0n) is 44.6. The van der Waals surface area contributed by atoms with E-state index in [2.05, 4.69) is 0 Å². The molecule has 0 atom stereocenters. The largest absolute Gasteiger partial charge is 0.456 e. The number of fused-ring (bicyclic) bond motifs is 6. The van der Waals surface area contributed by atoms with Crippen molar-refractivity contribution >= 4 is 54.3 Å². The van der Waals surface area contributed by atoms with E-state index in [1.165, 1.54) is 18.2 Å². The summed E-state index contributed by atoms with van der Waals surface area (Å²) < 4.78 is 210. The van der Waals surface area contributed by atoms with Crippen LogP contribution >= 0.6 is 0 Å². The van der Waals surface area contributed by atoms with E-state index < -0.39 is 194 Å². The predicted molar refractivity (Wildman–Crippen MR) is 183 cm³/mol. The lowest BCUT2D eigenvalue weighted by atomic mass is 9.83. The molecule has 0 saturated carbocycles. The molecule has 9 rings (SSSR count). The van der Waals surface area contributed by atoms with E-state index in [0.717, 1.165) is 0 Å². The van der Waals surface area contributed by atoms with Crippen LogP contribution < -0.4 is 0 Å². The van der Waals surface area contributed by atoms with Crippen LogP contribution in [0.4, 0.5) is 0 Å². The van der Waals surface area contributed by atoms with Crippen molar-refractivity contribution in [1.29, 1.82) is 0 Å². The molecular weight excluding hydrogens is 520 g/mol. The lowest BCUT2D eigenvalue weighted by molar-refractivity contribution is 0.669. The van der Waals surface area contributed by atoms with Crippen LogP contribution in [-0.4, -0.2) is 0 Å². The lowest BCUT2D eigenvalue weighted by Gasteiger charge is -2.19. The molecule has 0 saturated heterocycles. The van der Waals surface area contributed by atoms with Gasteiger partial charge in [-0.15, -0.1) is 0 Å². The zero-order chi connectivity index (χ0) is 48.3. The fraction of sp³-hybridized carbons (Fsp3) is 0. The highest BCUT2D eigenvalue weighted by molar-refractivity contribution is 6.24. The van der Waals surface area contributed by atoms with Gasteiger partial charge in [0.05, 0.1) is 31.5 Å². The Labute approximate surface area is 281 Å². The Hall–Kier alpha value is -5.66. The molecule has 43 heavy (non-hydrogen) atoms. The molecule has 9 aromatic rings. The third-order valence-corrected chi connectivity index (χ3v) is 7.28. The topological polar surface area (TPSA) is 13.1 Å². The molecule has 0 aliphatic rings. The van der Waals surface area contributed by atoms with Gasteiger partial charge in [-0.05, 0) is 83.9 Å². The molecule has 8 aromatic carbocycles. The third-order valence-electron chi connectivity index (χ3n) is 7.28. The molecule has 1 aromatic heterocycles. The summed E-state index contributed by atoms with van der Waals surface area (Å²) in [5, 5.41) is -3.12. The van der Waals surface area contributed by atoms with Crippen molar-refractivity contribution in [3.8, 4) is 33.4 Å². The minimum absolute atomic E-state index is 0.00445. The average molecular weight is 570 g/mol. The molecule has 0 amide bonds. The number of hydrogen-bond acceptors (Lipinski definition) is 1. The molecule has 0 bridgehead atoms. The van der Waals surface area contributed by atoms with Crippen LogP contribution in [0.1, 0.15) is 31.5 Å². The average Bonchev–Trinajstić information content (AvgIpc) is 3.69. The molecule has 1 heteroatoms. The van der Waals surface area contributed by atoms with Crippen molar-refractivity contribution in [3.63, 3.8) is 0 Å². The SMILES string of the molecule is [2H]c1c([2H])c([2H])c(-c2c([2H])c([2H])c(-c3c4c([2H])c([2H])c([2H])c([2H])c4c(-c4ccc5oc6c([2H])c([2H])c([2H])c([2H])c6c5c4)c4c([2H])c([2H])c([2H])c([2H])c34)c3c([2H])c([2H])c([2H])c([2H])c23)c([2H])c1[2H]. The first kappa shape index (κ1) is 10.6. The Morgan fingerprint density at radius 1 is 0.349 bits per heavy atom. The van der Waals surface area contributed by atoms with Gasteiger partial charge < -0.3 is 4.42 Å². The van der Waals surface area contributed by atoms with E-state index >= 15 is 0 Å². The molecule has 0 N–H and O–H groups in total. The molecule has 0 aliphatic heterocycles. The van der Waals surface area contributed by atoms with E-state index in [0.29, 0.717) is 0 Å². The second kappa shape index (κ2) is 9.44. The maximum atomic E-state index is 9.66. The second-order valence-electron chi connectivity index (χ2n) is 9.52. The second-order valence-corrected chi connectivity index (χ2v) is 9.52. The van der Waals surface area contributed by atoms with Crippen LogP contribution in [-0.2, 0) is 0 Å². The monoisotopic (exact) mass is 569 g/mol. The molecule has 1 nitrogen and oxygen atoms in total. The van der Waals surface area contributed by atoms with E-state index in [1.807, 2.05) is 0 Å².